The van der Waals surface area contributed by atoms with Crippen molar-refractivity contribution in [2.75, 3.05) is 33.2 Å². The number of piperidine rings is 1. The third kappa shape index (κ3) is 5.51. The molecular weight excluding hydrogens is 352 g/mol. The third-order valence-corrected chi connectivity index (χ3v) is 5.13. The number of carbonyl (C=O) groups is 1. The van der Waals surface area contributed by atoms with Crippen LogP contribution in [-0.2, 0) is 17.8 Å². The monoisotopic (exact) mass is 376 g/mol. The first-order chi connectivity index (χ1) is 12.6. The number of hydrogen-bond donors (Lipinski definition) is 0. The summed E-state index contributed by atoms with van der Waals surface area (Å²) in [6, 6.07) is 8.08. The topological polar surface area (TPSA) is 67.2 Å². The van der Waals surface area contributed by atoms with E-state index >= 15 is 0 Å². The van der Waals surface area contributed by atoms with Gasteiger partial charge < -0.3 is 9.80 Å². The molecule has 1 saturated heterocycles. The summed E-state index contributed by atoms with van der Waals surface area (Å²) in [5.41, 5.74) is 1.31. The number of rotatable bonds is 7. The van der Waals surface area contributed by atoms with Crippen molar-refractivity contribution in [2.24, 2.45) is 5.92 Å². The first-order valence-electron chi connectivity index (χ1n) is 9.01. The Morgan fingerprint density at radius 2 is 2.15 bits per heavy atom. The molecule has 2 heterocycles. The van der Waals surface area contributed by atoms with Crippen LogP contribution in [0.2, 0.25) is 5.02 Å². The van der Waals surface area contributed by atoms with Gasteiger partial charge in [0.05, 0.1) is 0 Å². The molecule has 1 atom stereocenters. The molecule has 8 heteroatoms. The van der Waals surface area contributed by atoms with E-state index in [9.17, 15) is 4.79 Å². The lowest BCUT2D eigenvalue weighted by molar-refractivity contribution is -0.131. The molecule has 1 unspecified atom stereocenters. The van der Waals surface area contributed by atoms with Gasteiger partial charge in [0.1, 0.15) is 12.9 Å². The van der Waals surface area contributed by atoms with E-state index in [1.165, 1.54) is 29.4 Å². The number of benzene rings is 1. The zero-order chi connectivity index (χ0) is 18.4. The molecule has 0 N–H and O–H groups in total. The summed E-state index contributed by atoms with van der Waals surface area (Å²) < 4.78 is 1.46. The fourth-order valence-electron chi connectivity index (χ4n) is 3.44. The predicted molar refractivity (Wildman–Crippen MR) is 99.8 cm³/mol. The van der Waals surface area contributed by atoms with Crippen molar-refractivity contribution in [2.45, 2.75) is 25.8 Å². The summed E-state index contributed by atoms with van der Waals surface area (Å²) in [4.78, 5) is 16.6. The van der Waals surface area contributed by atoms with E-state index in [-0.39, 0.29) is 12.5 Å². The summed E-state index contributed by atoms with van der Waals surface area (Å²) >= 11 is 5.94. The second-order valence-electron chi connectivity index (χ2n) is 6.97. The van der Waals surface area contributed by atoms with Crippen molar-refractivity contribution in [3.8, 4) is 0 Å². The average Bonchev–Trinajstić information content (AvgIpc) is 3.14. The number of carbonyl (C=O) groups excluding carboxylic acids is 1. The minimum atomic E-state index is 0.0376. The first-order valence-corrected chi connectivity index (χ1v) is 9.39. The Kier molecular flexibility index (Phi) is 6.57. The lowest BCUT2D eigenvalue weighted by Gasteiger charge is -2.34. The zero-order valence-electron chi connectivity index (χ0n) is 15.1. The summed E-state index contributed by atoms with van der Waals surface area (Å²) in [7, 11) is 1.86. The highest BCUT2D eigenvalue weighted by atomic mass is 35.5. The number of amides is 1. The summed E-state index contributed by atoms with van der Waals surface area (Å²) in [5, 5.41) is 11.6. The van der Waals surface area contributed by atoms with Crippen LogP contribution in [0.1, 0.15) is 18.4 Å². The van der Waals surface area contributed by atoms with Crippen LogP contribution < -0.4 is 0 Å². The van der Waals surface area contributed by atoms with E-state index < -0.39 is 0 Å². The molecule has 1 aliphatic rings. The van der Waals surface area contributed by atoms with Crippen LogP contribution in [0.5, 0.6) is 0 Å². The maximum Gasteiger partial charge on any atom is 0.244 e. The van der Waals surface area contributed by atoms with Crippen molar-refractivity contribution < 1.29 is 4.79 Å². The molecule has 26 heavy (non-hydrogen) atoms. The van der Waals surface area contributed by atoms with Gasteiger partial charge in [0.2, 0.25) is 5.91 Å². The second-order valence-corrected chi connectivity index (χ2v) is 7.40. The van der Waals surface area contributed by atoms with E-state index in [0.717, 1.165) is 37.6 Å². The number of halogens is 1. The van der Waals surface area contributed by atoms with Crippen LogP contribution in [0.3, 0.4) is 0 Å². The minimum absolute atomic E-state index is 0.0376. The molecule has 0 radical (unpaired) electrons. The maximum atomic E-state index is 12.3. The largest absolute Gasteiger partial charge is 0.344 e. The Bertz CT molecular complexity index is 690. The fourth-order valence-corrected chi connectivity index (χ4v) is 3.57. The van der Waals surface area contributed by atoms with Crippen molar-refractivity contribution in [1.29, 1.82) is 0 Å². The molecule has 1 amide bonds. The van der Waals surface area contributed by atoms with Gasteiger partial charge in [-0.25, -0.2) is 4.68 Å². The summed E-state index contributed by atoms with van der Waals surface area (Å²) in [6.07, 6.45) is 4.84. The summed E-state index contributed by atoms with van der Waals surface area (Å²) in [5.74, 6) is 0.548. The van der Waals surface area contributed by atoms with E-state index in [1.54, 1.807) is 4.90 Å². The van der Waals surface area contributed by atoms with Crippen LogP contribution in [0, 0.1) is 5.92 Å². The lowest BCUT2D eigenvalue weighted by Crippen LogP contribution is -2.42. The Morgan fingerprint density at radius 3 is 2.88 bits per heavy atom. The van der Waals surface area contributed by atoms with E-state index in [2.05, 4.69) is 32.6 Å². The Morgan fingerprint density at radius 1 is 1.35 bits per heavy atom. The molecule has 1 aromatic carbocycles. The highest BCUT2D eigenvalue weighted by Crippen LogP contribution is 2.18. The number of nitrogens with zero attached hydrogens (tertiary/aromatic N) is 6. The van der Waals surface area contributed by atoms with Crippen LogP contribution in [0.15, 0.2) is 30.6 Å². The minimum Gasteiger partial charge on any atom is -0.344 e. The third-order valence-electron chi connectivity index (χ3n) is 4.88. The van der Waals surface area contributed by atoms with Gasteiger partial charge in [-0.15, -0.1) is 5.10 Å². The van der Waals surface area contributed by atoms with Crippen LogP contribution in [0.25, 0.3) is 0 Å². The standard InChI is InChI=1S/C18H25ClN6O/c1-23(18(26)13-25-14-20-21-22-25)11-16-3-2-9-24(12-16)10-8-15-4-6-17(19)7-5-15/h4-7,14,16H,2-3,8-13H2,1H3. The Labute approximate surface area is 158 Å². The molecular formula is C18H25ClN6O. The average molecular weight is 377 g/mol. The van der Waals surface area contributed by atoms with Crippen LogP contribution in [-0.4, -0.2) is 69.1 Å². The number of hydrogen-bond acceptors (Lipinski definition) is 5. The smallest absolute Gasteiger partial charge is 0.244 e. The van der Waals surface area contributed by atoms with Crippen LogP contribution in [0.4, 0.5) is 0 Å². The SMILES string of the molecule is CN(CC1CCCN(CCc2ccc(Cl)cc2)C1)C(=O)Cn1cnnn1. The Balaban J connectivity index is 1.43. The van der Waals surface area contributed by atoms with Crippen molar-refractivity contribution in [3.05, 3.63) is 41.2 Å². The van der Waals surface area contributed by atoms with Crippen LogP contribution >= 0.6 is 11.6 Å². The molecule has 0 aliphatic carbocycles. The normalized spacial score (nSPS) is 18.0. The predicted octanol–water partition coefficient (Wildman–Crippen LogP) is 1.74. The molecule has 0 bridgehead atoms. The van der Waals surface area contributed by atoms with Gasteiger partial charge in [-0.1, -0.05) is 23.7 Å². The van der Waals surface area contributed by atoms with Crippen molar-refractivity contribution in [1.82, 2.24) is 30.0 Å². The van der Waals surface area contributed by atoms with Crippen molar-refractivity contribution >= 4 is 17.5 Å². The number of likely N-dealkylation sites (N-methyl/N-ethyl adjacent to an activating group) is 1. The number of likely N-dealkylation sites (tertiary alicyclic amines) is 1. The fraction of sp³-hybridized carbons (Fsp3) is 0.556. The number of aromatic nitrogens is 4. The van der Waals surface area contributed by atoms with Gasteiger partial charge in [0.25, 0.3) is 0 Å². The second kappa shape index (κ2) is 9.09. The molecule has 1 fully saturated rings. The molecule has 140 valence electrons. The van der Waals surface area contributed by atoms with Gasteiger partial charge in [-0.05, 0) is 59.8 Å². The summed E-state index contributed by atoms with van der Waals surface area (Å²) in [6.45, 7) is 4.18. The molecule has 3 rings (SSSR count). The maximum absolute atomic E-state index is 12.3. The Hall–Kier alpha value is -1.99. The van der Waals surface area contributed by atoms with Gasteiger partial charge in [-0.3, -0.25) is 4.79 Å². The first kappa shape index (κ1) is 18.8. The number of tetrazole rings is 1. The highest BCUT2D eigenvalue weighted by molar-refractivity contribution is 6.30. The molecule has 2 aromatic rings. The highest BCUT2D eigenvalue weighted by Gasteiger charge is 2.22. The van der Waals surface area contributed by atoms with Gasteiger partial charge in [0.15, 0.2) is 0 Å². The molecule has 1 aromatic heterocycles. The van der Waals surface area contributed by atoms with Crippen molar-refractivity contribution in [3.63, 3.8) is 0 Å². The van der Waals surface area contributed by atoms with E-state index in [0.29, 0.717) is 5.92 Å². The van der Waals surface area contributed by atoms with Gasteiger partial charge in [0, 0.05) is 31.7 Å². The zero-order valence-corrected chi connectivity index (χ0v) is 15.8. The van der Waals surface area contributed by atoms with E-state index in [1.807, 2.05) is 19.2 Å². The molecule has 0 spiro atoms. The van der Waals surface area contributed by atoms with Gasteiger partial charge >= 0.3 is 0 Å². The lowest BCUT2D eigenvalue weighted by atomic mass is 9.97. The molecule has 1 aliphatic heterocycles. The van der Waals surface area contributed by atoms with E-state index in [4.69, 9.17) is 11.6 Å². The molecule has 7 nitrogen and oxygen atoms in total. The molecule has 0 saturated carbocycles. The quantitative estimate of drug-likeness (QED) is 0.736. The van der Waals surface area contributed by atoms with Gasteiger partial charge in [-0.2, -0.15) is 0 Å².